The van der Waals surface area contributed by atoms with E-state index in [1.807, 2.05) is 16.3 Å². The van der Waals surface area contributed by atoms with Crippen molar-refractivity contribution in [3.05, 3.63) is 40.9 Å². The third-order valence-corrected chi connectivity index (χ3v) is 5.23. The van der Waals surface area contributed by atoms with Gasteiger partial charge in [0, 0.05) is 24.0 Å². The third kappa shape index (κ3) is 3.55. The van der Waals surface area contributed by atoms with Crippen LogP contribution in [0.15, 0.2) is 29.6 Å². The first kappa shape index (κ1) is 15.2. The first-order valence-corrected chi connectivity index (χ1v) is 8.79. The van der Waals surface area contributed by atoms with Crippen LogP contribution in [0.2, 0.25) is 0 Å². The van der Waals surface area contributed by atoms with Gasteiger partial charge in [0.1, 0.15) is 5.01 Å². The highest BCUT2D eigenvalue weighted by Gasteiger charge is 2.21. The number of amides is 1. The number of piperidine rings is 1. The van der Waals surface area contributed by atoms with Gasteiger partial charge < -0.3 is 4.90 Å². The van der Waals surface area contributed by atoms with Crippen molar-refractivity contribution in [2.45, 2.75) is 33.1 Å². The molecule has 116 valence electrons. The molecule has 1 aromatic carbocycles. The first-order chi connectivity index (χ1) is 10.6. The lowest BCUT2D eigenvalue weighted by atomic mass is 9.99. The Hall–Kier alpha value is -1.68. The van der Waals surface area contributed by atoms with Gasteiger partial charge in [-0.2, -0.15) is 0 Å². The van der Waals surface area contributed by atoms with E-state index in [1.165, 1.54) is 5.56 Å². The summed E-state index contributed by atoms with van der Waals surface area (Å²) in [5.41, 5.74) is 3.26. The monoisotopic (exact) mass is 314 g/mol. The van der Waals surface area contributed by atoms with Crippen molar-refractivity contribution in [1.82, 2.24) is 9.88 Å². The smallest absolute Gasteiger partial charge is 0.228 e. The molecule has 22 heavy (non-hydrogen) atoms. The summed E-state index contributed by atoms with van der Waals surface area (Å²) in [5, 5.41) is 3.01. The number of aromatic nitrogens is 1. The zero-order valence-corrected chi connectivity index (χ0v) is 14.0. The Bertz CT molecular complexity index is 657. The number of rotatable bonds is 3. The SMILES string of the molecule is Cc1cccc(-c2nc(CC(=O)N3CCC(C)CC3)cs2)c1. The van der Waals surface area contributed by atoms with Crippen molar-refractivity contribution < 1.29 is 4.79 Å². The van der Waals surface area contributed by atoms with E-state index in [2.05, 4.69) is 37.0 Å². The second kappa shape index (κ2) is 6.61. The molecule has 1 saturated heterocycles. The van der Waals surface area contributed by atoms with Gasteiger partial charge in [-0.05, 0) is 31.7 Å². The molecule has 1 fully saturated rings. The molecule has 0 unspecified atom stereocenters. The van der Waals surface area contributed by atoms with Crippen LogP contribution in [-0.2, 0) is 11.2 Å². The van der Waals surface area contributed by atoms with Gasteiger partial charge in [-0.1, -0.05) is 30.7 Å². The fraction of sp³-hybridized carbons (Fsp3) is 0.444. The van der Waals surface area contributed by atoms with Crippen molar-refractivity contribution in [2.75, 3.05) is 13.1 Å². The Morgan fingerprint density at radius 3 is 2.86 bits per heavy atom. The maximum atomic E-state index is 12.4. The molecule has 0 N–H and O–H groups in total. The van der Waals surface area contributed by atoms with Gasteiger partial charge in [0.15, 0.2) is 0 Å². The second-order valence-electron chi connectivity index (χ2n) is 6.25. The van der Waals surface area contributed by atoms with Crippen molar-refractivity contribution in [2.24, 2.45) is 5.92 Å². The van der Waals surface area contributed by atoms with Crippen LogP contribution < -0.4 is 0 Å². The van der Waals surface area contributed by atoms with E-state index in [0.717, 1.165) is 48.1 Å². The minimum absolute atomic E-state index is 0.216. The lowest BCUT2D eigenvalue weighted by Gasteiger charge is -2.30. The number of hydrogen-bond donors (Lipinski definition) is 0. The second-order valence-corrected chi connectivity index (χ2v) is 7.11. The fourth-order valence-electron chi connectivity index (χ4n) is 2.82. The molecule has 4 heteroatoms. The predicted molar refractivity (Wildman–Crippen MR) is 91.0 cm³/mol. The van der Waals surface area contributed by atoms with Gasteiger partial charge in [0.25, 0.3) is 0 Å². The summed E-state index contributed by atoms with van der Waals surface area (Å²) in [6.07, 6.45) is 2.67. The van der Waals surface area contributed by atoms with E-state index in [-0.39, 0.29) is 5.91 Å². The molecule has 3 rings (SSSR count). The van der Waals surface area contributed by atoms with Crippen LogP contribution in [-0.4, -0.2) is 28.9 Å². The number of likely N-dealkylation sites (tertiary alicyclic amines) is 1. The van der Waals surface area contributed by atoms with Crippen molar-refractivity contribution in [1.29, 1.82) is 0 Å². The predicted octanol–water partition coefficient (Wildman–Crippen LogP) is 3.92. The maximum Gasteiger partial charge on any atom is 0.228 e. The molecule has 1 amide bonds. The van der Waals surface area contributed by atoms with E-state index in [0.29, 0.717) is 6.42 Å². The van der Waals surface area contributed by atoms with Crippen LogP contribution in [0, 0.1) is 12.8 Å². The Morgan fingerprint density at radius 1 is 1.36 bits per heavy atom. The van der Waals surface area contributed by atoms with Gasteiger partial charge >= 0.3 is 0 Å². The van der Waals surface area contributed by atoms with Gasteiger partial charge in [0.05, 0.1) is 12.1 Å². The number of aryl methyl sites for hydroxylation is 1. The molecule has 0 aliphatic carbocycles. The molecular formula is C18H22N2OS. The maximum absolute atomic E-state index is 12.4. The standard InChI is InChI=1S/C18H22N2OS/c1-13-6-8-20(9-7-13)17(21)11-16-12-22-18(19-16)15-5-3-4-14(2)10-15/h3-5,10,12-13H,6-9,11H2,1-2H3. The molecule has 1 aliphatic heterocycles. The average molecular weight is 314 g/mol. The van der Waals surface area contributed by atoms with Crippen LogP contribution >= 0.6 is 11.3 Å². The minimum atomic E-state index is 0.216. The first-order valence-electron chi connectivity index (χ1n) is 7.91. The molecule has 0 saturated carbocycles. The fourth-order valence-corrected chi connectivity index (χ4v) is 3.64. The van der Waals surface area contributed by atoms with Gasteiger partial charge in [-0.3, -0.25) is 4.79 Å². The number of carbonyl (C=O) groups is 1. The summed E-state index contributed by atoms with van der Waals surface area (Å²) in [4.78, 5) is 19.0. The quantitative estimate of drug-likeness (QED) is 0.860. The summed E-state index contributed by atoms with van der Waals surface area (Å²) in [5.74, 6) is 0.962. The van der Waals surface area contributed by atoms with E-state index in [9.17, 15) is 4.79 Å². The summed E-state index contributed by atoms with van der Waals surface area (Å²) < 4.78 is 0. The molecule has 3 nitrogen and oxygen atoms in total. The number of benzene rings is 1. The third-order valence-electron chi connectivity index (χ3n) is 4.29. The molecule has 0 bridgehead atoms. The molecule has 1 aliphatic rings. The zero-order chi connectivity index (χ0) is 15.5. The number of hydrogen-bond acceptors (Lipinski definition) is 3. The topological polar surface area (TPSA) is 33.2 Å². The molecule has 0 radical (unpaired) electrons. The molecule has 2 heterocycles. The molecule has 2 aromatic rings. The number of thiazole rings is 1. The molecule has 1 aromatic heterocycles. The van der Waals surface area contributed by atoms with Crippen LogP contribution in [0.4, 0.5) is 0 Å². The van der Waals surface area contributed by atoms with Gasteiger partial charge in [-0.25, -0.2) is 4.98 Å². The van der Waals surface area contributed by atoms with Crippen molar-refractivity contribution in [3.63, 3.8) is 0 Å². The highest BCUT2D eigenvalue weighted by molar-refractivity contribution is 7.13. The highest BCUT2D eigenvalue weighted by Crippen LogP contribution is 2.25. The largest absolute Gasteiger partial charge is 0.342 e. The molecule has 0 spiro atoms. The van der Waals surface area contributed by atoms with Crippen LogP contribution in [0.25, 0.3) is 10.6 Å². The zero-order valence-electron chi connectivity index (χ0n) is 13.2. The summed E-state index contributed by atoms with van der Waals surface area (Å²) in [7, 11) is 0. The summed E-state index contributed by atoms with van der Waals surface area (Å²) in [6.45, 7) is 6.14. The average Bonchev–Trinajstić information content (AvgIpc) is 2.96. The lowest BCUT2D eigenvalue weighted by Crippen LogP contribution is -2.38. The minimum Gasteiger partial charge on any atom is -0.342 e. The summed E-state index contributed by atoms with van der Waals surface area (Å²) >= 11 is 1.62. The van der Waals surface area contributed by atoms with E-state index in [4.69, 9.17) is 0 Å². The van der Waals surface area contributed by atoms with Gasteiger partial charge in [-0.15, -0.1) is 11.3 Å². The van der Waals surface area contributed by atoms with E-state index in [1.54, 1.807) is 11.3 Å². The van der Waals surface area contributed by atoms with E-state index >= 15 is 0 Å². The van der Waals surface area contributed by atoms with Crippen LogP contribution in [0.1, 0.15) is 31.0 Å². The normalized spacial score (nSPS) is 16.0. The van der Waals surface area contributed by atoms with Crippen LogP contribution in [0.5, 0.6) is 0 Å². The number of nitrogens with zero attached hydrogens (tertiary/aromatic N) is 2. The summed E-state index contributed by atoms with van der Waals surface area (Å²) in [6, 6.07) is 8.34. The Labute approximate surface area is 136 Å². The molecule has 0 atom stereocenters. The Balaban J connectivity index is 1.65. The number of carbonyl (C=O) groups excluding carboxylic acids is 1. The van der Waals surface area contributed by atoms with E-state index < -0.39 is 0 Å². The van der Waals surface area contributed by atoms with Crippen molar-refractivity contribution >= 4 is 17.2 Å². The van der Waals surface area contributed by atoms with Crippen LogP contribution in [0.3, 0.4) is 0 Å². The Kier molecular flexibility index (Phi) is 4.57. The lowest BCUT2D eigenvalue weighted by molar-refractivity contribution is -0.131. The Morgan fingerprint density at radius 2 is 2.14 bits per heavy atom. The highest BCUT2D eigenvalue weighted by atomic mass is 32.1. The van der Waals surface area contributed by atoms with Crippen molar-refractivity contribution in [3.8, 4) is 10.6 Å². The van der Waals surface area contributed by atoms with Gasteiger partial charge in [0.2, 0.25) is 5.91 Å². The molecular weight excluding hydrogens is 292 g/mol.